The average Bonchev–Trinajstić information content (AvgIpc) is 2.81. The molecule has 0 amide bonds. The lowest BCUT2D eigenvalue weighted by Gasteiger charge is -2.33. The minimum atomic E-state index is -0.311. The summed E-state index contributed by atoms with van der Waals surface area (Å²) < 4.78 is 0. The minimum absolute atomic E-state index is 0.311. The van der Waals surface area contributed by atoms with Gasteiger partial charge in [0.2, 0.25) is 0 Å². The first kappa shape index (κ1) is 19.8. The van der Waals surface area contributed by atoms with Gasteiger partial charge in [-0.25, -0.2) is 0 Å². The molecular weight excluding hydrogens is 355 g/mol. The van der Waals surface area contributed by atoms with Crippen LogP contribution in [0, 0.1) is 0 Å². The van der Waals surface area contributed by atoms with Crippen LogP contribution in [0.25, 0.3) is 11.1 Å². The van der Waals surface area contributed by atoms with E-state index in [4.69, 9.17) is 0 Å². The third-order valence-corrected chi connectivity index (χ3v) is 5.87. The third-order valence-electron chi connectivity index (χ3n) is 4.89. The standard InChI is InChI=1S/C25H21P.C2H4/c26-25(21-14-6-2-7-15-21,22-16-8-3-9-17-22)24-19-11-10-18-23(24)20-12-4-1-5-13-20;1-2/h1-19H,26H2;1-2H2. The molecule has 0 saturated heterocycles. The van der Waals surface area contributed by atoms with Crippen LogP contribution in [0.2, 0.25) is 0 Å². The van der Waals surface area contributed by atoms with Crippen molar-refractivity contribution in [2.45, 2.75) is 5.16 Å². The van der Waals surface area contributed by atoms with E-state index >= 15 is 0 Å². The molecule has 4 aromatic rings. The normalized spacial score (nSPS) is 10.6. The minimum Gasteiger partial charge on any atom is -0.117 e. The van der Waals surface area contributed by atoms with Gasteiger partial charge < -0.3 is 0 Å². The highest BCUT2D eigenvalue weighted by Gasteiger charge is 2.33. The van der Waals surface area contributed by atoms with Gasteiger partial charge >= 0.3 is 0 Å². The van der Waals surface area contributed by atoms with Crippen molar-refractivity contribution in [1.29, 1.82) is 0 Å². The summed E-state index contributed by atoms with van der Waals surface area (Å²) in [5, 5.41) is -0.311. The first-order valence-electron chi connectivity index (χ1n) is 9.35. The fraction of sp³-hybridized carbons (Fsp3) is 0.0370. The van der Waals surface area contributed by atoms with Crippen LogP contribution >= 0.6 is 9.24 Å². The maximum Gasteiger partial charge on any atom is 0.0597 e. The second-order valence-corrected chi connectivity index (χ2v) is 7.32. The second-order valence-electron chi connectivity index (χ2n) is 6.45. The van der Waals surface area contributed by atoms with Crippen LogP contribution in [0.1, 0.15) is 16.7 Å². The van der Waals surface area contributed by atoms with Gasteiger partial charge in [0.05, 0.1) is 5.16 Å². The van der Waals surface area contributed by atoms with Crippen LogP contribution in [0.5, 0.6) is 0 Å². The highest BCUT2D eigenvalue weighted by molar-refractivity contribution is 7.19. The topological polar surface area (TPSA) is 0 Å². The van der Waals surface area contributed by atoms with Gasteiger partial charge in [-0.2, -0.15) is 0 Å². The molecule has 0 bridgehead atoms. The number of benzene rings is 4. The quantitative estimate of drug-likeness (QED) is 0.198. The van der Waals surface area contributed by atoms with Crippen LogP contribution in [-0.2, 0) is 5.16 Å². The van der Waals surface area contributed by atoms with E-state index in [1.54, 1.807) is 0 Å². The van der Waals surface area contributed by atoms with Crippen molar-refractivity contribution in [2.24, 2.45) is 0 Å². The lowest BCUT2D eigenvalue weighted by atomic mass is 9.80. The van der Waals surface area contributed by atoms with Gasteiger partial charge in [0, 0.05) is 0 Å². The van der Waals surface area contributed by atoms with Crippen molar-refractivity contribution in [3.63, 3.8) is 0 Å². The van der Waals surface area contributed by atoms with E-state index in [-0.39, 0.29) is 5.16 Å². The zero-order valence-electron chi connectivity index (χ0n) is 16.0. The molecule has 0 heterocycles. The molecule has 0 nitrogen and oxygen atoms in total. The molecule has 1 heteroatoms. The predicted octanol–water partition coefficient (Wildman–Crippen LogP) is 7.32. The van der Waals surface area contributed by atoms with Gasteiger partial charge in [-0.15, -0.1) is 22.4 Å². The molecule has 0 fully saturated rings. The van der Waals surface area contributed by atoms with Crippen molar-refractivity contribution < 1.29 is 0 Å². The summed E-state index contributed by atoms with van der Waals surface area (Å²) in [6.07, 6.45) is 0. The predicted molar refractivity (Wildman–Crippen MR) is 126 cm³/mol. The third kappa shape index (κ3) is 3.84. The zero-order chi connectivity index (χ0) is 19.8. The lowest BCUT2D eigenvalue weighted by Crippen LogP contribution is -2.22. The van der Waals surface area contributed by atoms with Crippen molar-refractivity contribution in [3.8, 4) is 11.1 Å². The Kier molecular flexibility index (Phi) is 6.58. The Labute approximate surface area is 170 Å². The molecule has 0 radical (unpaired) electrons. The van der Waals surface area contributed by atoms with Crippen LogP contribution in [0.15, 0.2) is 128 Å². The number of hydrogen-bond donors (Lipinski definition) is 0. The molecular formula is C27H25P. The summed E-state index contributed by atoms with van der Waals surface area (Å²) in [6, 6.07) is 40.8. The summed E-state index contributed by atoms with van der Waals surface area (Å²) in [5.41, 5.74) is 6.31. The van der Waals surface area contributed by atoms with E-state index in [0.29, 0.717) is 0 Å². The first-order valence-corrected chi connectivity index (χ1v) is 9.93. The zero-order valence-corrected chi connectivity index (χ0v) is 17.1. The first-order chi connectivity index (χ1) is 13.8. The second kappa shape index (κ2) is 9.31. The Morgan fingerprint density at radius 2 is 0.893 bits per heavy atom. The summed E-state index contributed by atoms with van der Waals surface area (Å²) in [5.74, 6) is 0. The Balaban J connectivity index is 0.00000109. The average molecular weight is 380 g/mol. The van der Waals surface area contributed by atoms with Gasteiger partial charge in [-0.1, -0.05) is 115 Å². The maximum absolute atomic E-state index is 3.14. The smallest absolute Gasteiger partial charge is 0.0597 e. The van der Waals surface area contributed by atoms with E-state index in [1.807, 2.05) is 0 Å². The molecule has 0 spiro atoms. The molecule has 0 aliphatic heterocycles. The van der Waals surface area contributed by atoms with E-state index in [1.165, 1.54) is 27.8 Å². The largest absolute Gasteiger partial charge is 0.117 e. The molecule has 1 atom stereocenters. The monoisotopic (exact) mass is 380 g/mol. The van der Waals surface area contributed by atoms with Crippen LogP contribution in [-0.4, -0.2) is 0 Å². The lowest BCUT2D eigenvalue weighted by molar-refractivity contribution is 0.899. The summed E-state index contributed by atoms with van der Waals surface area (Å²) in [6.45, 7) is 6.00. The molecule has 0 aliphatic rings. The fourth-order valence-electron chi connectivity index (χ4n) is 3.58. The SMILES string of the molecule is C=C.PC(c1ccccc1)(c1ccccc1)c1ccccc1-c1ccccc1. The van der Waals surface area contributed by atoms with E-state index in [0.717, 1.165) is 0 Å². The molecule has 28 heavy (non-hydrogen) atoms. The number of rotatable bonds is 4. The Hall–Kier alpha value is -2.95. The van der Waals surface area contributed by atoms with Gasteiger partial charge in [0.1, 0.15) is 0 Å². The van der Waals surface area contributed by atoms with Crippen molar-refractivity contribution in [1.82, 2.24) is 0 Å². The summed E-state index contributed by atoms with van der Waals surface area (Å²) in [7, 11) is 3.14. The van der Waals surface area contributed by atoms with Crippen LogP contribution < -0.4 is 0 Å². The molecule has 138 valence electrons. The molecule has 4 rings (SSSR count). The van der Waals surface area contributed by atoms with Gasteiger partial charge in [-0.05, 0) is 27.8 Å². The maximum atomic E-state index is 3.14. The highest BCUT2D eigenvalue weighted by Crippen LogP contribution is 2.48. The van der Waals surface area contributed by atoms with E-state index in [2.05, 4.69) is 138 Å². The van der Waals surface area contributed by atoms with Gasteiger partial charge in [0.25, 0.3) is 0 Å². The van der Waals surface area contributed by atoms with Crippen molar-refractivity contribution in [3.05, 3.63) is 145 Å². The Morgan fingerprint density at radius 1 is 0.500 bits per heavy atom. The molecule has 1 unspecified atom stereocenters. The highest BCUT2D eigenvalue weighted by atomic mass is 31.0. The van der Waals surface area contributed by atoms with Gasteiger partial charge in [-0.3, -0.25) is 0 Å². The molecule has 4 aromatic carbocycles. The Morgan fingerprint density at radius 3 is 1.39 bits per heavy atom. The van der Waals surface area contributed by atoms with Crippen molar-refractivity contribution in [2.75, 3.05) is 0 Å². The van der Waals surface area contributed by atoms with Crippen LogP contribution in [0.4, 0.5) is 0 Å². The van der Waals surface area contributed by atoms with Crippen molar-refractivity contribution >= 4 is 9.24 Å². The van der Waals surface area contributed by atoms with Crippen LogP contribution in [0.3, 0.4) is 0 Å². The molecule has 0 N–H and O–H groups in total. The Bertz CT molecular complexity index is 952. The van der Waals surface area contributed by atoms with Gasteiger partial charge in [0.15, 0.2) is 0 Å². The molecule has 0 aliphatic carbocycles. The molecule has 0 saturated carbocycles. The van der Waals surface area contributed by atoms with E-state index in [9.17, 15) is 0 Å². The summed E-state index contributed by atoms with van der Waals surface area (Å²) in [4.78, 5) is 0. The van der Waals surface area contributed by atoms with E-state index < -0.39 is 0 Å². The molecule has 0 aromatic heterocycles. The number of hydrogen-bond acceptors (Lipinski definition) is 0. The summed E-state index contributed by atoms with van der Waals surface area (Å²) >= 11 is 0. The fourth-order valence-corrected chi connectivity index (χ4v) is 4.21.